The van der Waals surface area contributed by atoms with Gasteiger partial charge in [0.15, 0.2) is 5.82 Å². The minimum atomic E-state index is 0.343. The summed E-state index contributed by atoms with van der Waals surface area (Å²) in [5, 5.41) is 4.54. The van der Waals surface area contributed by atoms with E-state index in [-0.39, 0.29) is 0 Å². The number of aryl methyl sites for hydroxylation is 1. The van der Waals surface area contributed by atoms with Crippen LogP contribution in [0, 0.1) is 0 Å². The molecule has 0 radical (unpaired) electrons. The molecular weight excluding hydrogens is 226 g/mol. The minimum Gasteiger partial charge on any atom is -0.497 e. The van der Waals surface area contributed by atoms with Crippen LogP contribution in [0.15, 0.2) is 24.3 Å². The van der Waals surface area contributed by atoms with Gasteiger partial charge < -0.3 is 10.5 Å². The second kappa shape index (κ2) is 4.06. The Balaban J connectivity index is 2.50. The Labute approximate surface area is 98.6 Å². The fraction of sp³-hybridized carbons (Fsp3) is 0.182. The monoisotopic (exact) mass is 237 g/mol. The zero-order valence-electron chi connectivity index (χ0n) is 9.07. The lowest BCUT2D eigenvalue weighted by molar-refractivity contribution is 0.415. The van der Waals surface area contributed by atoms with E-state index in [9.17, 15) is 0 Å². The number of ether oxygens (including phenoxy) is 1. The fourth-order valence-corrected chi connectivity index (χ4v) is 1.85. The number of methoxy groups -OCH3 is 1. The van der Waals surface area contributed by atoms with Gasteiger partial charge in [0.2, 0.25) is 0 Å². The lowest BCUT2D eigenvalue weighted by atomic mass is 10.1. The van der Waals surface area contributed by atoms with Crippen LogP contribution in [0.2, 0.25) is 5.02 Å². The highest BCUT2D eigenvalue weighted by atomic mass is 35.5. The lowest BCUT2D eigenvalue weighted by Gasteiger charge is -2.04. The van der Waals surface area contributed by atoms with Crippen molar-refractivity contribution in [2.75, 3.05) is 12.8 Å². The molecule has 84 valence electrons. The topological polar surface area (TPSA) is 53.1 Å². The van der Waals surface area contributed by atoms with Crippen LogP contribution in [-0.2, 0) is 7.05 Å². The van der Waals surface area contributed by atoms with Crippen LogP contribution in [0.25, 0.3) is 11.3 Å². The highest BCUT2D eigenvalue weighted by Crippen LogP contribution is 2.32. The molecule has 0 atom stereocenters. The maximum absolute atomic E-state index is 6.08. The van der Waals surface area contributed by atoms with E-state index in [1.54, 1.807) is 11.8 Å². The quantitative estimate of drug-likeness (QED) is 0.872. The van der Waals surface area contributed by atoms with E-state index in [1.807, 2.05) is 31.3 Å². The standard InChI is InChI=1S/C11H12ClN3O/c1-15-10(9(12)11(13)14-15)7-3-5-8(16-2)6-4-7/h3-6H,1-2H3,(H2,13,14). The average Bonchev–Trinajstić information content (AvgIpc) is 2.54. The predicted octanol–water partition coefficient (Wildman–Crippen LogP) is 2.33. The number of nitrogens with zero attached hydrogens (tertiary/aromatic N) is 2. The molecule has 1 heterocycles. The van der Waals surface area contributed by atoms with Crippen molar-refractivity contribution < 1.29 is 4.74 Å². The zero-order valence-corrected chi connectivity index (χ0v) is 9.82. The van der Waals surface area contributed by atoms with Crippen molar-refractivity contribution in [1.82, 2.24) is 9.78 Å². The molecule has 5 heteroatoms. The van der Waals surface area contributed by atoms with Gasteiger partial charge in [0, 0.05) is 12.6 Å². The van der Waals surface area contributed by atoms with Gasteiger partial charge in [-0.1, -0.05) is 11.6 Å². The van der Waals surface area contributed by atoms with Gasteiger partial charge in [0.1, 0.15) is 10.8 Å². The number of nitrogens with two attached hydrogens (primary N) is 1. The summed E-state index contributed by atoms with van der Waals surface area (Å²) in [7, 11) is 3.44. The molecule has 0 saturated heterocycles. The molecule has 1 aromatic carbocycles. The third kappa shape index (κ3) is 1.72. The van der Waals surface area contributed by atoms with Crippen LogP contribution in [0.5, 0.6) is 5.75 Å². The first kappa shape index (κ1) is 10.8. The molecule has 0 amide bonds. The van der Waals surface area contributed by atoms with E-state index in [1.165, 1.54) is 0 Å². The van der Waals surface area contributed by atoms with E-state index in [0.29, 0.717) is 10.8 Å². The molecule has 0 fully saturated rings. The Kier molecular flexibility index (Phi) is 2.75. The number of halogens is 1. The molecule has 0 saturated carbocycles. The third-order valence-corrected chi connectivity index (χ3v) is 2.75. The van der Waals surface area contributed by atoms with Crippen LogP contribution in [0.4, 0.5) is 5.82 Å². The largest absolute Gasteiger partial charge is 0.497 e. The van der Waals surface area contributed by atoms with Gasteiger partial charge in [-0.15, -0.1) is 0 Å². The van der Waals surface area contributed by atoms with Gasteiger partial charge in [-0.3, -0.25) is 4.68 Å². The van der Waals surface area contributed by atoms with Crippen molar-refractivity contribution >= 4 is 17.4 Å². The van der Waals surface area contributed by atoms with E-state index in [4.69, 9.17) is 22.1 Å². The van der Waals surface area contributed by atoms with Gasteiger partial charge in [-0.05, 0) is 24.3 Å². The molecule has 1 aromatic heterocycles. The Morgan fingerprint density at radius 2 is 1.94 bits per heavy atom. The number of hydrogen-bond donors (Lipinski definition) is 1. The maximum atomic E-state index is 6.08. The van der Waals surface area contributed by atoms with Crippen molar-refractivity contribution in [3.05, 3.63) is 29.3 Å². The molecule has 0 aliphatic carbocycles. The fourth-order valence-electron chi connectivity index (χ4n) is 1.58. The number of benzene rings is 1. The number of aromatic nitrogens is 2. The number of anilines is 1. The molecule has 2 aromatic rings. The molecule has 0 aliphatic heterocycles. The Morgan fingerprint density at radius 3 is 2.38 bits per heavy atom. The van der Waals surface area contributed by atoms with Gasteiger partial charge >= 0.3 is 0 Å². The van der Waals surface area contributed by atoms with Crippen molar-refractivity contribution in [3.63, 3.8) is 0 Å². The summed E-state index contributed by atoms with van der Waals surface area (Å²) < 4.78 is 6.76. The summed E-state index contributed by atoms with van der Waals surface area (Å²) in [5.41, 5.74) is 7.41. The second-order valence-corrected chi connectivity index (χ2v) is 3.78. The van der Waals surface area contributed by atoms with E-state index < -0.39 is 0 Å². The van der Waals surface area contributed by atoms with E-state index in [2.05, 4.69) is 5.10 Å². The first-order valence-electron chi connectivity index (χ1n) is 4.76. The first-order valence-corrected chi connectivity index (χ1v) is 5.13. The molecule has 2 rings (SSSR count). The van der Waals surface area contributed by atoms with Crippen LogP contribution in [0.3, 0.4) is 0 Å². The van der Waals surface area contributed by atoms with Crippen LogP contribution < -0.4 is 10.5 Å². The van der Waals surface area contributed by atoms with Gasteiger partial charge in [-0.2, -0.15) is 5.10 Å². The average molecular weight is 238 g/mol. The van der Waals surface area contributed by atoms with Crippen molar-refractivity contribution in [2.45, 2.75) is 0 Å². The number of nitrogen functional groups attached to an aromatic ring is 1. The highest BCUT2D eigenvalue weighted by Gasteiger charge is 2.13. The van der Waals surface area contributed by atoms with Crippen LogP contribution in [-0.4, -0.2) is 16.9 Å². The van der Waals surface area contributed by atoms with Gasteiger partial charge in [-0.25, -0.2) is 0 Å². The summed E-state index contributed by atoms with van der Waals surface area (Å²) in [6.07, 6.45) is 0. The molecule has 0 bridgehead atoms. The number of hydrogen-bond acceptors (Lipinski definition) is 3. The Hall–Kier alpha value is -1.68. The van der Waals surface area contributed by atoms with Crippen molar-refractivity contribution in [2.24, 2.45) is 7.05 Å². The normalized spacial score (nSPS) is 10.4. The van der Waals surface area contributed by atoms with Crippen molar-refractivity contribution in [3.8, 4) is 17.0 Å². The smallest absolute Gasteiger partial charge is 0.164 e. The Morgan fingerprint density at radius 1 is 1.31 bits per heavy atom. The third-order valence-electron chi connectivity index (χ3n) is 2.38. The second-order valence-electron chi connectivity index (χ2n) is 3.40. The molecule has 4 nitrogen and oxygen atoms in total. The first-order chi connectivity index (χ1) is 7.63. The molecule has 16 heavy (non-hydrogen) atoms. The van der Waals surface area contributed by atoms with Crippen LogP contribution >= 0.6 is 11.6 Å². The Bertz CT molecular complexity index is 505. The molecule has 0 spiro atoms. The molecule has 0 unspecified atom stereocenters. The lowest BCUT2D eigenvalue weighted by Crippen LogP contribution is -1.94. The van der Waals surface area contributed by atoms with E-state index >= 15 is 0 Å². The molecular formula is C11H12ClN3O. The molecule has 2 N–H and O–H groups in total. The summed E-state index contributed by atoms with van der Waals surface area (Å²) >= 11 is 6.08. The summed E-state index contributed by atoms with van der Waals surface area (Å²) in [6, 6.07) is 7.58. The van der Waals surface area contributed by atoms with Gasteiger partial charge in [0.25, 0.3) is 0 Å². The molecule has 0 aliphatic rings. The van der Waals surface area contributed by atoms with Gasteiger partial charge in [0.05, 0.1) is 12.8 Å². The minimum absolute atomic E-state index is 0.343. The maximum Gasteiger partial charge on any atom is 0.164 e. The summed E-state index contributed by atoms with van der Waals surface area (Å²) in [5.74, 6) is 1.14. The SMILES string of the molecule is COc1ccc(-c2c(Cl)c(N)nn2C)cc1. The highest BCUT2D eigenvalue weighted by molar-refractivity contribution is 6.35. The summed E-state index contributed by atoms with van der Waals surface area (Å²) in [4.78, 5) is 0. The zero-order chi connectivity index (χ0) is 11.7. The van der Waals surface area contributed by atoms with E-state index in [0.717, 1.165) is 17.0 Å². The predicted molar refractivity (Wildman–Crippen MR) is 64.6 cm³/mol. The number of rotatable bonds is 2. The van der Waals surface area contributed by atoms with Crippen molar-refractivity contribution in [1.29, 1.82) is 0 Å². The summed E-state index contributed by atoms with van der Waals surface area (Å²) in [6.45, 7) is 0. The van der Waals surface area contributed by atoms with Crippen LogP contribution in [0.1, 0.15) is 0 Å².